The van der Waals surface area contributed by atoms with Crippen molar-refractivity contribution in [1.82, 2.24) is 0 Å². The van der Waals surface area contributed by atoms with Crippen molar-refractivity contribution in [3.05, 3.63) is 47.8 Å². The second-order valence-corrected chi connectivity index (χ2v) is 6.77. The molecule has 0 radical (unpaired) electrons. The molecule has 1 N–H and O–H groups in total. The smallest absolute Gasteiger partial charge is 0.306 e. The lowest BCUT2D eigenvalue weighted by atomic mass is 9.88. The fraction of sp³-hybridized carbons (Fsp3) is 0.526. The minimum atomic E-state index is -0.598. The topological polar surface area (TPSA) is 46.5 Å². The van der Waals surface area contributed by atoms with Gasteiger partial charge in [0.2, 0.25) is 0 Å². The summed E-state index contributed by atoms with van der Waals surface area (Å²) in [5.74, 6) is 0.637. The number of aryl methyl sites for hydroxylation is 1. The first kappa shape index (κ1) is 16.2. The van der Waals surface area contributed by atoms with Crippen LogP contribution >= 0.6 is 0 Å². The normalized spacial score (nSPS) is 31.3. The van der Waals surface area contributed by atoms with Gasteiger partial charge in [-0.25, -0.2) is 4.39 Å². The van der Waals surface area contributed by atoms with Crippen LogP contribution in [-0.4, -0.2) is 23.3 Å². The first-order valence-electron chi connectivity index (χ1n) is 8.34. The Kier molecular flexibility index (Phi) is 4.81. The van der Waals surface area contributed by atoms with E-state index >= 15 is 0 Å². The fourth-order valence-corrected chi connectivity index (χ4v) is 3.87. The molecule has 1 heterocycles. The van der Waals surface area contributed by atoms with Crippen LogP contribution in [-0.2, 0) is 16.0 Å². The number of hydrogen-bond acceptors (Lipinski definition) is 3. The number of fused-ring (bicyclic) bond motifs is 1. The maximum atomic E-state index is 13.6. The Bertz CT molecular complexity index is 598. The molecule has 3 nitrogen and oxygen atoms in total. The van der Waals surface area contributed by atoms with E-state index in [1.807, 2.05) is 6.08 Å². The highest BCUT2D eigenvalue weighted by molar-refractivity contribution is 5.72. The monoisotopic (exact) mass is 318 g/mol. The van der Waals surface area contributed by atoms with E-state index in [0.29, 0.717) is 30.7 Å². The van der Waals surface area contributed by atoms with Crippen molar-refractivity contribution >= 4 is 5.97 Å². The number of carbonyl (C=O) groups excluding carboxylic acids is 1. The van der Waals surface area contributed by atoms with Crippen LogP contribution in [0.5, 0.6) is 0 Å². The second-order valence-electron chi connectivity index (χ2n) is 6.77. The molecule has 1 aliphatic heterocycles. The summed E-state index contributed by atoms with van der Waals surface area (Å²) in [7, 11) is 0. The molecule has 1 saturated heterocycles. The molecular formula is C19H23FO3. The Labute approximate surface area is 136 Å². The van der Waals surface area contributed by atoms with E-state index in [-0.39, 0.29) is 29.7 Å². The summed E-state index contributed by atoms with van der Waals surface area (Å²) in [5, 5.41) is 10.1. The van der Waals surface area contributed by atoms with Gasteiger partial charge in [-0.1, -0.05) is 37.3 Å². The Hall–Kier alpha value is -1.68. The fourth-order valence-electron chi connectivity index (χ4n) is 3.87. The van der Waals surface area contributed by atoms with Crippen LogP contribution in [0.3, 0.4) is 0 Å². The molecule has 1 aromatic carbocycles. The molecule has 5 unspecified atom stereocenters. The summed E-state index contributed by atoms with van der Waals surface area (Å²) in [6, 6.07) is 6.65. The Morgan fingerprint density at radius 3 is 3.00 bits per heavy atom. The summed E-state index contributed by atoms with van der Waals surface area (Å²) in [5.41, 5.74) is 0.629. The van der Waals surface area contributed by atoms with Crippen LogP contribution in [0.15, 0.2) is 36.4 Å². The molecule has 124 valence electrons. The van der Waals surface area contributed by atoms with Crippen LogP contribution in [0.2, 0.25) is 0 Å². The number of carbonyl (C=O) groups is 1. The summed E-state index contributed by atoms with van der Waals surface area (Å²) >= 11 is 0. The van der Waals surface area contributed by atoms with Crippen LogP contribution in [0.1, 0.15) is 31.7 Å². The van der Waals surface area contributed by atoms with Gasteiger partial charge in [0.15, 0.2) is 0 Å². The first-order valence-corrected chi connectivity index (χ1v) is 8.34. The van der Waals surface area contributed by atoms with Crippen molar-refractivity contribution in [2.75, 3.05) is 0 Å². The zero-order valence-corrected chi connectivity index (χ0v) is 13.3. The summed E-state index contributed by atoms with van der Waals surface area (Å²) in [6.45, 7) is 2.16. The van der Waals surface area contributed by atoms with Crippen molar-refractivity contribution in [1.29, 1.82) is 0 Å². The highest BCUT2D eigenvalue weighted by Gasteiger charge is 2.47. The van der Waals surface area contributed by atoms with Crippen molar-refractivity contribution < 1.29 is 19.0 Å². The SMILES string of the molecule is CC1CC2OC(=O)CC2C1/C=C/C(O)CCc1ccccc1F. The average Bonchev–Trinajstić information content (AvgIpc) is 2.99. The third-order valence-corrected chi connectivity index (χ3v) is 5.14. The van der Waals surface area contributed by atoms with Crippen molar-refractivity contribution in [3.63, 3.8) is 0 Å². The molecule has 5 atom stereocenters. The van der Waals surface area contributed by atoms with Gasteiger partial charge >= 0.3 is 5.97 Å². The van der Waals surface area contributed by atoms with E-state index in [0.717, 1.165) is 6.42 Å². The molecule has 1 aliphatic carbocycles. The number of aliphatic hydroxyl groups excluding tert-OH is 1. The van der Waals surface area contributed by atoms with Crippen molar-refractivity contribution in [3.8, 4) is 0 Å². The largest absolute Gasteiger partial charge is 0.462 e. The molecule has 2 fully saturated rings. The van der Waals surface area contributed by atoms with Crippen LogP contribution in [0.4, 0.5) is 4.39 Å². The first-order chi connectivity index (χ1) is 11.0. The zero-order chi connectivity index (χ0) is 16.4. The molecule has 0 aromatic heterocycles. The molecule has 1 saturated carbocycles. The van der Waals surface area contributed by atoms with E-state index < -0.39 is 6.10 Å². The number of rotatable bonds is 5. The van der Waals surface area contributed by atoms with Gasteiger partial charge in [0.1, 0.15) is 11.9 Å². The van der Waals surface area contributed by atoms with E-state index in [1.165, 1.54) is 6.07 Å². The van der Waals surface area contributed by atoms with Crippen molar-refractivity contribution in [2.45, 2.75) is 44.8 Å². The predicted molar refractivity (Wildman–Crippen MR) is 85.1 cm³/mol. The predicted octanol–water partition coefficient (Wildman–Crippen LogP) is 3.26. The third kappa shape index (κ3) is 3.63. The highest BCUT2D eigenvalue weighted by Crippen LogP contribution is 2.45. The minimum Gasteiger partial charge on any atom is -0.462 e. The number of aliphatic hydroxyl groups is 1. The Morgan fingerprint density at radius 2 is 2.22 bits per heavy atom. The average molecular weight is 318 g/mol. The molecule has 0 amide bonds. The van der Waals surface area contributed by atoms with Gasteiger partial charge < -0.3 is 9.84 Å². The number of hydrogen-bond donors (Lipinski definition) is 1. The molecule has 2 aliphatic rings. The van der Waals surface area contributed by atoms with E-state index in [9.17, 15) is 14.3 Å². The van der Waals surface area contributed by atoms with Gasteiger partial charge in [-0.15, -0.1) is 0 Å². The Morgan fingerprint density at radius 1 is 1.43 bits per heavy atom. The highest BCUT2D eigenvalue weighted by atomic mass is 19.1. The van der Waals surface area contributed by atoms with Gasteiger partial charge in [-0.05, 0) is 42.7 Å². The van der Waals surface area contributed by atoms with Gasteiger partial charge in [0.05, 0.1) is 12.5 Å². The van der Waals surface area contributed by atoms with Crippen LogP contribution < -0.4 is 0 Å². The Balaban J connectivity index is 1.55. The number of benzene rings is 1. The number of halogens is 1. The molecular weight excluding hydrogens is 295 g/mol. The molecule has 23 heavy (non-hydrogen) atoms. The second kappa shape index (κ2) is 6.83. The molecule has 0 bridgehead atoms. The summed E-state index contributed by atoms with van der Waals surface area (Å²) in [4.78, 5) is 11.4. The van der Waals surface area contributed by atoms with Crippen molar-refractivity contribution in [2.24, 2.45) is 17.8 Å². The van der Waals surface area contributed by atoms with Gasteiger partial charge in [-0.2, -0.15) is 0 Å². The molecule has 4 heteroatoms. The van der Waals surface area contributed by atoms with Gasteiger partial charge in [0, 0.05) is 5.92 Å². The third-order valence-electron chi connectivity index (χ3n) is 5.14. The summed E-state index contributed by atoms with van der Waals surface area (Å²) < 4.78 is 18.9. The quantitative estimate of drug-likeness (QED) is 0.669. The molecule has 1 aromatic rings. The maximum Gasteiger partial charge on any atom is 0.306 e. The van der Waals surface area contributed by atoms with Gasteiger partial charge in [0.25, 0.3) is 0 Å². The van der Waals surface area contributed by atoms with E-state index in [2.05, 4.69) is 6.92 Å². The zero-order valence-electron chi connectivity index (χ0n) is 13.3. The minimum absolute atomic E-state index is 0.0442. The number of esters is 1. The number of ether oxygens (including phenoxy) is 1. The van der Waals surface area contributed by atoms with Crippen LogP contribution in [0, 0.1) is 23.6 Å². The lowest BCUT2D eigenvalue weighted by molar-refractivity contribution is -0.141. The molecule has 3 rings (SSSR count). The van der Waals surface area contributed by atoms with E-state index in [4.69, 9.17) is 4.74 Å². The van der Waals surface area contributed by atoms with Gasteiger partial charge in [-0.3, -0.25) is 4.79 Å². The molecule has 0 spiro atoms. The number of allylic oxidation sites excluding steroid dienone is 1. The summed E-state index contributed by atoms with van der Waals surface area (Å²) in [6.07, 6.45) is 5.65. The standard InChI is InChI=1S/C19H23FO3/c1-12-10-18-16(11-19(22)23-18)15(12)9-8-14(21)7-6-13-4-2-3-5-17(13)20/h2-5,8-9,12,14-16,18,21H,6-7,10-11H2,1H3/b9-8+. The lowest BCUT2D eigenvalue weighted by Crippen LogP contribution is -2.14. The maximum absolute atomic E-state index is 13.6. The lowest BCUT2D eigenvalue weighted by Gasteiger charge is -2.16. The van der Waals surface area contributed by atoms with Crippen LogP contribution in [0.25, 0.3) is 0 Å². The van der Waals surface area contributed by atoms with E-state index in [1.54, 1.807) is 24.3 Å².